The molecule has 2 N–H and O–H groups in total. The summed E-state index contributed by atoms with van der Waals surface area (Å²) in [6, 6.07) is 3.84. The summed E-state index contributed by atoms with van der Waals surface area (Å²) in [7, 11) is 0. The Hall–Kier alpha value is -1.59. The molecule has 0 aliphatic rings. The van der Waals surface area contributed by atoms with Crippen LogP contribution in [0.25, 0.3) is 0 Å². The number of amides is 1. The van der Waals surface area contributed by atoms with E-state index in [2.05, 4.69) is 10.6 Å². The topological polar surface area (TPSA) is 54.3 Å². The van der Waals surface area contributed by atoms with E-state index in [-0.39, 0.29) is 5.91 Å². The molecule has 0 radical (unpaired) electrons. The zero-order valence-electron chi connectivity index (χ0n) is 9.53. The predicted molar refractivity (Wildman–Crippen MR) is 67.9 cm³/mol. The highest BCUT2D eigenvalue weighted by Gasteiger charge is 2.05. The first-order chi connectivity index (χ1) is 8.25. The Balaban J connectivity index is 1.86. The molecule has 4 nitrogen and oxygen atoms in total. The van der Waals surface area contributed by atoms with Gasteiger partial charge in [0.2, 0.25) is 5.91 Å². The summed E-state index contributed by atoms with van der Waals surface area (Å²) in [5, 5.41) is 8.09. The van der Waals surface area contributed by atoms with Gasteiger partial charge in [-0.15, -0.1) is 11.3 Å². The molecule has 2 aromatic rings. The lowest BCUT2D eigenvalue weighted by Gasteiger charge is -2.05. The van der Waals surface area contributed by atoms with Gasteiger partial charge in [-0.25, -0.2) is 0 Å². The molecule has 0 aromatic carbocycles. The van der Waals surface area contributed by atoms with Crippen LogP contribution in [0.5, 0.6) is 0 Å². The standard InChI is InChI=1S/C12H14N2O2S/c1-9(15)14-11-3-5-17-12(11)7-13-6-10-2-4-16-8-10/h2-5,8,13H,6-7H2,1H3,(H,14,15). The molecule has 0 saturated carbocycles. The average Bonchev–Trinajstić information content (AvgIpc) is 2.90. The summed E-state index contributed by atoms with van der Waals surface area (Å²) >= 11 is 1.63. The Morgan fingerprint density at radius 1 is 1.41 bits per heavy atom. The number of hydrogen-bond acceptors (Lipinski definition) is 4. The van der Waals surface area contributed by atoms with Crippen molar-refractivity contribution in [3.05, 3.63) is 40.5 Å². The van der Waals surface area contributed by atoms with Crippen molar-refractivity contribution in [2.75, 3.05) is 5.32 Å². The number of anilines is 1. The van der Waals surface area contributed by atoms with Gasteiger partial charge < -0.3 is 15.1 Å². The van der Waals surface area contributed by atoms with Crippen LogP contribution in [0.15, 0.2) is 34.5 Å². The lowest BCUT2D eigenvalue weighted by molar-refractivity contribution is -0.114. The minimum atomic E-state index is -0.0421. The first kappa shape index (κ1) is 11.9. The third-order valence-corrected chi connectivity index (χ3v) is 3.17. The van der Waals surface area contributed by atoms with Crippen molar-refractivity contribution in [1.82, 2.24) is 5.32 Å². The normalized spacial score (nSPS) is 10.4. The van der Waals surface area contributed by atoms with Crippen LogP contribution in [0.1, 0.15) is 17.4 Å². The molecule has 0 saturated heterocycles. The van der Waals surface area contributed by atoms with E-state index in [0.717, 1.165) is 29.2 Å². The molecular weight excluding hydrogens is 236 g/mol. The number of carbonyl (C=O) groups excluding carboxylic acids is 1. The van der Waals surface area contributed by atoms with Crippen LogP contribution >= 0.6 is 11.3 Å². The van der Waals surface area contributed by atoms with Crippen molar-refractivity contribution in [3.63, 3.8) is 0 Å². The number of nitrogens with one attached hydrogen (secondary N) is 2. The first-order valence-electron chi connectivity index (χ1n) is 5.31. The summed E-state index contributed by atoms with van der Waals surface area (Å²) in [6.07, 6.45) is 3.38. The lowest BCUT2D eigenvalue weighted by atomic mass is 10.3. The molecule has 0 fully saturated rings. The number of hydrogen-bond donors (Lipinski definition) is 2. The smallest absolute Gasteiger partial charge is 0.221 e. The maximum Gasteiger partial charge on any atom is 0.221 e. The van der Waals surface area contributed by atoms with E-state index in [1.165, 1.54) is 6.92 Å². The largest absolute Gasteiger partial charge is 0.472 e. The van der Waals surface area contributed by atoms with Crippen LogP contribution in [-0.2, 0) is 17.9 Å². The van der Waals surface area contributed by atoms with E-state index in [9.17, 15) is 4.79 Å². The molecule has 17 heavy (non-hydrogen) atoms. The third-order valence-electron chi connectivity index (χ3n) is 2.25. The molecular formula is C12H14N2O2S. The minimum absolute atomic E-state index is 0.0421. The van der Waals surface area contributed by atoms with E-state index in [1.54, 1.807) is 23.9 Å². The SMILES string of the molecule is CC(=O)Nc1ccsc1CNCc1ccoc1. The van der Waals surface area contributed by atoms with Crippen molar-refractivity contribution >= 4 is 22.9 Å². The van der Waals surface area contributed by atoms with Crippen LogP contribution in [0, 0.1) is 0 Å². The highest BCUT2D eigenvalue weighted by molar-refractivity contribution is 7.10. The summed E-state index contributed by atoms with van der Waals surface area (Å²) < 4.78 is 4.98. The fourth-order valence-corrected chi connectivity index (χ4v) is 2.29. The van der Waals surface area contributed by atoms with E-state index >= 15 is 0 Å². The molecule has 2 rings (SSSR count). The predicted octanol–water partition coefficient (Wildman–Crippen LogP) is 2.59. The summed E-state index contributed by atoms with van der Waals surface area (Å²) in [5.74, 6) is -0.0421. The first-order valence-corrected chi connectivity index (χ1v) is 6.19. The molecule has 0 aliphatic carbocycles. The maximum absolute atomic E-state index is 11.0. The zero-order chi connectivity index (χ0) is 12.1. The van der Waals surface area contributed by atoms with Gasteiger partial charge in [0.1, 0.15) is 0 Å². The van der Waals surface area contributed by atoms with Crippen LogP contribution in [0.2, 0.25) is 0 Å². The zero-order valence-corrected chi connectivity index (χ0v) is 10.3. The monoisotopic (exact) mass is 250 g/mol. The van der Waals surface area contributed by atoms with Crippen molar-refractivity contribution in [2.24, 2.45) is 0 Å². The average molecular weight is 250 g/mol. The molecule has 0 spiro atoms. The van der Waals surface area contributed by atoms with Crippen molar-refractivity contribution < 1.29 is 9.21 Å². The molecule has 0 bridgehead atoms. The Labute approximate surface area is 104 Å². The van der Waals surface area contributed by atoms with Gasteiger partial charge in [0.15, 0.2) is 0 Å². The summed E-state index contributed by atoms with van der Waals surface area (Å²) in [4.78, 5) is 12.1. The molecule has 5 heteroatoms. The highest BCUT2D eigenvalue weighted by atomic mass is 32.1. The Morgan fingerprint density at radius 2 is 2.29 bits per heavy atom. The molecule has 1 amide bonds. The Bertz CT molecular complexity index is 476. The van der Waals surface area contributed by atoms with Gasteiger partial charge in [-0.05, 0) is 17.5 Å². The number of furan rings is 1. The van der Waals surface area contributed by atoms with Crippen molar-refractivity contribution in [2.45, 2.75) is 20.0 Å². The molecule has 90 valence electrons. The van der Waals surface area contributed by atoms with Crippen LogP contribution in [-0.4, -0.2) is 5.91 Å². The van der Waals surface area contributed by atoms with Crippen LogP contribution in [0.4, 0.5) is 5.69 Å². The molecule has 0 aliphatic heterocycles. The van der Waals surface area contributed by atoms with Crippen molar-refractivity contribution in [1.29, 1.82) is 0 Å². The lowest BCUT2D eigenvalue weighted by Crippen LogP contribution is -2.13. The minimum Gasteiger partial charge on any atom is -0.472 e. The number of thiophene rings is 1. The van der Waals surface area contributed by atoms with E-state index in [4.69, 9.17) is 4.42 Å². The van der Waals surface area contributed by atoms with Crippen LogP contribution < -0.4 is 10.6 Å². The number of carbonyl (C=O) groups is 1. The summed E-state index contributed by atoms with van der Waals surface area (Å²) in [5.41, 5.74) is 2.00. The van der Waals surface area contributed by atoms with Crippen molar-refractivity contribution in [3.8, 4) is 0 Å². The fourth-order valence-electron chi connectivity index (χ4n) is 1.49. The number of rotatable bonds is 5. The second-order valence-corrected chi connectivity index (χ2v) is 4.67. The van der Waals surface area contributed by atoms with Gasteiger partial charge in [-0.3, -0.25) is 4.79 Å². The van der Waals surface area contributed by atoms with E-state index in [0.29, 0.717) is 0 Å². The molecule has 0 unspecified atom stereocenters. The Kier molecular flexibility index (Phi) is 3.95. The highest BCUT2D eigenvalue weighted by Crippen LogP contribution is 2.22. The van der Waals surface area contributed by atoms with Gasteiger partial charge in [0.05, 0.1) is 18.2 Å². The fraction of sp³-hybridized carbons (Fsp3) is 0.250. The van der Waals surface area contributed by atoms with Gasteiger partial charge in [-0.1, -0.05) is 0 Å². The quantitative estimate of drug-likeness (QED) is 0.857. The van der Waals surface area contributed by atoms with Gasteiger partial charge in [-0.2, -0.15) is 0 Å². The molecule has 2 heterocycles. The summed E-state index contributed by atoms with van der Waals surface area (Å²) in [6.45, 7) is 3.01. The van der Waals surface area contributed by atoms with Gasteiger partial charge in [0.25, 0.3) is 0 Å². The van der Waals surface area contributed by atoms with Gasteiger partial charge >= 0.3 is 0 Å². The molecule has 0 atom stereocenters. The third kappa shape index (κ3) is 3.44. The van der Waals surface area contributed by atoms with Crippen LogP contribution in [0.3, 0.4) is 0 Å². The Morgan fingerprint density at radius 3 is 3.00 bits per heavy atom. The second-order valence-electron chi connectivity index (χ2n) is 3.67. The van der Waals surface area contributed by atoms with E-state index < -0.39 is 0 Å². The molecule has 2 aromatic heterocycles. The van der Waals surface area contributed by atoms with E-state index in [1.807, 2.05) is 17.5 Å². The van der Waals surface area contributed by atoms with Gasteiger partial charge in [0, 0.05) is 30.5 Å². The maximum atomic E-state index is 11.0. The second kappa shape index (κ2) is 5.65.